The van der Waals surface area contributed by atoms with Crippen molar-refractivity contribution in [3.05, 3.63) is 29.8 Å². The van der Waals surface area contributed by atoms with Crippen molar-refractivity contribution < 1.29 is 14.7 Å². The first-order chi connectivity index (χ1) is 9.82. The molecule has 0 radical (unpaired) electrons. The number of hydrogen-bond acceptors (Lipinski definition) is 3. The second-order valence-corrected chi connectivity index (χ2v) is 7.50. The van der Waals surface area contributed by atoms with E-state index >= 15 is 0 Å². The molecule has 5 nitrogen and oxygen atoms in total. The molecular weight excluding hydrogens is 288 g/mol. The van der Waals surface area contributed by atoms with Crippen molar-refractivity contribution >= 4 is 29.4 Å². The summed E-state index contributed by atoms with van der Waals surface area (Å²) in [5, 5.41) is 9.23. The van der Waals surface area contributed by atoms with Gasteiger partial charge in [0.15, 0.2) is 0 Å². The Labute approximate surface area is 128 Å². The molecule has 0 unspecified atom stereocenters. The summed E-state index contributed by atoms with van der Waals surface area (Å²) in [6.07, 6.45) is 0. The predicted molar refractivity (Wildman–Crippen MR) is 85.3 cm³/mol. The molecule has 0 aromatic heterocycles. The first kappa shape index (κ1) is 15.7. The van der Waals surface area contributed by atoms with E-state index in [4.69, 9.17) is 0 Å². The van der Waals surface area contributed by atoms with Gasteiger partial charge in [-0.2, -0.15) is 11.8 Å². The third-order valence-electron chi connectivity index (χ3n) is 3.48. The van der Waals surface area contributed by atoms with Crippen molar-refractivity contribution in [3.63, 3.8) is 0 Å². The smallest absolute Gasteiger partial charge is 0.337 e. The molecule has 0 aliphatic carbocycles. The Balaban J connectivity index is 2.22. The summed E-state index contributed by atoms with van der Waals surface area (Å²) in [5.74, 6) is -0.132. The molecule has 1 saturated heterocycles. The van der Waals surface area contributed by atoms with E-state index in [0.717, 1.165) is 5.75 Å². The number of carboxylic acid groups (broad SMARTS) is 1. The van der Waals surface area contributed by atoms with Crippen LogP contribution in [0.2, 0.25) is 0 Å². The zero-order chi connectivity index (χ0) is 15.6. The Morgan fingerprint density at radius 3 is 2.62 bits per heavy atom. The van der Waals surface area contributed by atoms with Crippen LogP contribution in [0.3, 0.4) is 0 Å². The van der Waals surface area contributed by atoms with Crippen molar-refractivity contribution in [2.24, 2.45) is 0 Å². The summed E-state index contributed by atoms with van der Waals surface area (Å²) in [4.78, 5) is 27.1. The van der Waals surface area contributed by atoms with Crippen LogP contribution >= 0.6 is 11.8 Å². The highest BCUT2D eigenvalue weighted by Crippen LogP contribution is 2.30. The number of amides is 2. The van der Waals surface area contributed by atoms with Crippen LogP contribution < -0.4 is 4.90 Å². The lowest BCUT2D eigenvalue weighted by atomic mass is 10.1. The monoisotopic (exact) mass is 308 g/mol. The molecule has 6 heteroatoms. The van der Waals surface area contributed by atoms with E-state index in [1.54, 1.807) is 30.1 Å². The number of benzene rings is 1. The van der Waals surface area contributed by atoms with Gasteiger partial charge in [0.25, 0.3) is 0 Å². The quantitative estimate of drug-likeness (QED) is 0.912. The molecule has 1 aromatic carbocycles. The SMILES string of the molecule is CN(C(=O)N1CCSC(C)(C)C1)c1ccccc1C(=O)O. The average Bonchev–Trinajstić information content (AvgIpc) is 2.44. The number of thioether (sulfide) groups is 1. The molecule has 1 aromatic rings. The third kappa shape index (κ3) is 3.50. The predicted octanol–water partition coefficient (Wildman–Crippen LogP) is 2.77. The summed E-state index contributed by atoms with van der Waals surface area (Å²) >= 11 is 1.85. The van der Waals surface area contributed by atoms with Crippen LogP contribution in [0.1, 0.15) is 24.2 Å². The number of para-hydroxylation sites is 1. The zero-order valence-corrected chi connectivity index (χ0v) is 13.3. The molecule has 2 rings (SSSR count). The minimum Gasteiger partial charge on any atom is -0.478 e. The van der Waals surface area contributed by atoms with E-state index in [9.17, 15) is 14.7 Å². The van der Waals surface area contributed by atoms with Crippen LogP contribution in [-0.4, -0.2) is 52.6 Å². The van der Waals surface area contributed by atoms with Gasteiger partial charge in [-0.05, 0) is 26.0 Å². The molecule has 0 atom stereocenters. The first-order valence-electron chi connectivity index (χ1n) is 6.81. The number of rotatable bonds is 2. The van der Waals surface area contributed by atoms with Gasteiger partial charge in [-0.25, -0.2) is 9.59 Å². The maximum atomic E-state index is 12.6. The molecule has 2 amide bonds. The number of carboxylic acids is 1. The van der Waals surface area contributed by atoms with Crippen molar-refractivity contribution in [3.8, 4) is 0 Å². The molecule has 21 heavy (non-hydrogen) atoms. The minimum absolute atomic E-state index is 0.0288. The van der Waals surface area contributed by atoms with Crippen LogP contribution in [0, 0.1) is 0 Å². The highest BCUT2D eigenvalue weighted by Gasteiger charge is 2.32. The normalized spacial score (nSPS) is 17.4. The van der Waals surface area contributed by atoms with Gasteiger partial charge in [-0.1, -0.05) is 12.1 Å². The molecule has 0 saturated carbocycles. The summed E-state index contributed by atoms with van der Waals surface area (Å²) in [7, 11) is 1.62. The van der Waals surface area contributed by atoms with Gasteiger partial charge in [0.05, 0.1) is 11.3 Å². The van der Waals surface area contributed by atoms with Crippen LogP contribution in [0.4, 0.5) is 10.5 Å². The maximum Gasteiger partial charge on any atom is 0.337 e. The van der Waals surface area contributed by atoms with E-state index in [1.165, 1.54) is 11.0 Å². The van der Waals surface area contributed by atoms with Crippen LogP contribution in [0.25, 0.3) is 0 Å². The van der Waals surface area contributed by atoms with E-state index in [1.807, 2.05) is 11.8 Å². The van der Waals surface area contributed by atoms with E-state index < -0.39 is 5.97 Å². The minimum atomic E-state index is -1.03. The maximum absolute atomic E-state index is 12.6. The fourth-order valence-corrected chi connectivity index (χ4v) is 3.55. The van der Waals surface area contributed by atoms with Gasteiger partial charge in [-0.3, -0.25) is 4.90 Å². The lowest BCUT2D eigenvalue weighted by molar-refractivity contribution is 0.0697. The fraction of sp³-hybridized carbons (Fsp3) is 0.467. The van der Waals surface area contributed by atoms with E-state index in [-0.39, 0.29) is 16.3 Å². The molecular formula is C15H20N2O3S. The number of hydrogen-bond donors (Lipinski definition) is 1. The second-order valence-electron chi connectivity index (χ2n) is 5.69. The van der Waals surface area contributed by atoms with Crippen LogP contribution in [-0.2, 0) is 0 Å². The van der Waals surface area contributed by atoms with Crippen LogP contribution in [0.15, 0.2) is 24.3 Å². The van der Waals surface area contributed by atoms with Gasteiger partial charge in [0.2, 0.25) is 0 Å². The molecule has 1 aliphatic rings. The number of nitrogens with zero attached hydrogens (tertiary/aromatic N) is 2. The molecule has 1 fully saturated rings. The Hall–Kier alpha value is -1.69. The summed E-state index contributed by atoms with van der Waals surface area (Å²) < 4.78 is 0.0288. The number of urea groups is 1. The summed E-state index contributed by atoms with van der Waals surface area (Å²) in [5.41, 5.74) is 0.560. The van der Waals surface area contributed by atoms with Crippen molar-refractivity contribution in [1.82, 2.24) is 4.90 Å². The summed E-state index contributed by atoms with van der Waals surface area (Å²) in [6, 6.07) is 6.41. The number of carbonyl (C=O) groups excluding carboxylic acids is 1. The zero-order valence-electron chi connectivity index (χ0n) is 12.5. The third-order valence-corrected chi connectivity index (χ3v) is 4.78. The number of aromatic carboxylic acids is 1. The molecule has 0 spiro atoms. The Bertz CT molecular complexity index is 560. The molecule has 0 bridgehead atoms. The van der Waals surface area contributed by atoms with Crippen LogP contribution in [0.5, 0.6) is 0 Å². The average molecular weight is 308 g/mol. The van der Waals surface area contributed by atoms with Gasteiger partial charge in [0.1, 0.15) is 0 Å². The van der Waals surface area contributed by atoms with Gasteiger partial charge >= 0.3 is 12.0 Å². The fourth-order valence-electron chi connectivity index (χ4n) is 2.44. The molecule has 114 valence electrons. The van der Waals surface area contributed by atoms with Crippen molar-refractivity contribution in [1.29, 1.82) is 0 Å². The lowest BCUT2D eigenvalue weighted by Crippen LogP contribution is -2.50. The van der Waals surface area contributed by atoms with E-state index in [2.05, 4.69) is 13.8 Å². The molecule has 1 N–H and O–H groups in total. The Kier molecular flexibility index (Phi) is 4.46. The van der Waals surface area contributed by atoms with Crippen molar-refractivity contribution in [2.75, 3.05) is 30.8 Å². The highest BCUT2D eigenvalue weighted by atomic mass is 32.2. The number of carbonyl (C=O) groups is 2. The topological polar surface area (TPSA) is 60.9 Å². The standard InChI is InChI=1S/C15H20N2O3S/c1-15(2)10-17(8-9-21-15)14(20)16(3)12-7-5-4-6-11(12)13(18)19/h4-7H,8-10H2,1-3H3,(H,18,19). The first-order valence-corrected chi connectivity index (χ1v) is 7.79. The Morgan fingerprint density at radius 1 is 1.33 bits per heavy atom. The van der Waals surface area contributed by atoms with Crippen molar-refractivity contribution in [2.45, 2.75) is 18.6 Å². The highest BCUT2D eigenvalue weighted by molar-refractivity contribution is 8.00. The Morgan fingerprint density at radius 2 is 2.00 bits per heavy atom. The molecule has 1 heterocycles. The van der Waals surface area contributed by atoms with Gasteiger partial charge in [0, 0.05) is 30.6 Å². The van der Waals surface area contributed by atoms with Gasteiger partial charge in [-0.15, -0.1) is 0 Å². The molecule has 1 aliphatic heterocycles. The second kappa shape index (κ2) is 5.97. The van der Waals surface area contributed by atoms with E-state index in [0.29, 0.717) is 18.8 Å². The summed E-state index contributed by atoms with van der Waals surface area (Å²) in [6.45, 7) is 5.58. The largest absolute Gasteiger partial charge is 0.478 e. The van der Waals surface area contributed by atoms with Gasteiger partial charge < -0.3 is 10.0 Å². The lowest BCUT2D eigenvalue weighted by Gasteiger charge is -2.39. The number of anilines is 1.